The molecular formula is C21H18N4O2. The summed E-state index contributed by atoms with van der Waals surface area (Å²) in [6.45, 7) is 1.91. The van der Waals surface area contributed by atoms with E-state index in [0.717, 1.165) is 24.1 Å². The number of hydrogen-bond donors (Lipinski definition) is 1. The topological polar surface area (TPSA) is 89.8 Å². The van der Waals surface area contributed by atoms with Crippen molar-refractivity contribution in [3.63, 3.8) is 0 Å². The Hall–Kier alpha value is -3.46. The molecule has 6 nitrogen and oxygen atoms in total. The average molecular weight is 358 g/mol. The number of rotatable bonds is 4. The van der Waals surface area contributed by atoms with Crippen molar-refractivity contribution < 1.29 is 4.79 Å². The zero-order valence-corrected chi connectivity index (χ0v) is 14.9. The molecule has 0 unspecified atom stereocenters. The fourth-order valence-corrected chi connectivity index (χ4v) is 3.40. The van der Waals surface area contributed by atoms with Gasteiger partial charge in [0.05, 0.1) is 29.1 Å². The van der Waals surface area contributed by atoms with E-state index in [1.807, 2.05) is 30.0 Å². The first kappa shape index (κ1) is 17.0. The van der Waals surface area contributed by atoms with Crippen LogP contribution in [0.25, 0.3) is 10.8 Å². The number of amides is 1. The number of aryl methyl sites for hydroxylation is 1. The third-order valence-electron chi connectivity index (χ3n) is 4.86. The van der Waals surface area contributed by atoms with E-state index in [9.17, 15) is 9.59 Å². The minimum atomic E-state index is -0.260. The Bertz CT molecular complexity index is 1140. The number of fused-ring (bicyclic) bond motifs is 1. The van der Waals surface area contributed by atoms with Crippen LogP contribution in [-0.4, -0.2) is 22.1 Å². The summed E-state index contributed by atoms with van der Waals surface area (Å²) in [5, 5.41) is 16.9. The smallest absolute Gasteiger partial charge is 0.272 e. The molecule has 6 heteroatoms. The number of nitriles is 1. The lowest BCUT2D eigenvalue weighted by Crippen LogP contribution is -2.35. The van der Waals surface area contributed by atoms with Crippen LogP contribution < -0.4 is 10.5 Å². The molecule has 4 rings (SSSR count). The van der Waals surface area contributed by atoms with Gasteiger partial charge in [-0.3, -0.25) is 9.59 Å². The molecule has 0 radical (unpaired) electrons. The highest BCUT2D eigenvalue weighted by Crippen LogP contribution is 2.34. The summed E-state index contributed by atoms with van der Waals surface area (Å²) in [4.78, 5) is 26.9. The largest absolute Gasteiger partial charge is 0.309 e. The quantitative estimate of drug-likeness (QED) is 0.776. The van der Waals surface area contributed by atoms with E-state index in [2.05, 4.69) is 16.3 Å². The molecule has 0 aliphatic heterocycles. The highest BCUT2D eigenvalue weighted by molar-refractivity contribution is 5.98. The summed E-state index contributed by atoms with van der Waals surface area (Å²) < 4.78 is 0. The molecule has 3 aromatic rings. The van der Waals surface area contributed by atoms with Crippen molar-refractivity contribution in [2.24, 2.45) is 0 Å². The number of H-pyrrole nitrogens is 1. The molecule has 0 spiro atoms. The third-order valence-corrected chi connectivity index (χ3v) is 4.86. The number of anilines is 1. The Morgan fingerprint density at radius 1 is 1.26 bits per heavy atom. The van der Waals surface area contributed by atoms with Crippen molar-refractivity contribution >= 4 is 22.4 Å². The predicted octanol–water partition coefficient (Wildman–Crippen LogP) is 2.84. The van der Waals surface area contributed by atoms with Gasteiger partial charge in [-0.15, -0.1) is 0 Å². The van der Waals surface area contributed by atoms with Crippen molar-refractivity contribution in [1.29, 1.82) is 5.26 Å². The van der Waals surface area contributed by atoms with E-state index in [1.165, 1.54) is 0 Å². The molecule has 27 heavy (non-hydrogen) atoms. The van der Waals surface area contributed by atoms with Crippen molar-refractivity contribution in [2.45, 2.75) is 32.2 Å². The van der Waals surface area contributed by atoms with Gasteiger partial charge >= 0.3 is 0 Å². The monoisotopic (exact) mass is 358 g/mol. The highest BCUT2D eigenvalue weighted by Gasteiger charge is 2.34. The van der Waals surface area contributed by atoms with Gasteiger partial charge in [-0.25, -0.2) is 5.10 Å². The van der Waals surface area contributed by atoms with Crippen LogP contribution in [0, 0.1) is 18.3 Å². The summed E-state index contributed by atoms with van der Waals surface area (Å²) in [5.74, 6) is -0.0602. The molecule has 2 aromatic carbocycles. The minimum Gasteiger partial charge on any atom is -0.309 e. The van der Waals surface area contributed by atoms with Crippen LogP contribution >= 0.6 is 0 Å². The van der Waals surface area contributed by atoms with Crippen LogP contribution in [0.1, 0.15) is 29.7 Å². The third kappa shape index (κ3) is 3.20. The van der Waals surface area contributed by atoms with Crippen LogP contribution in [0.4, 0.5) is 5.69 Å². The van der Waals surface area contributed by atoms with Gasteiger partial charge in [0, 0.05) is 17.1 Å². The second kappa shape index (κ2) is 6.69. The number of carbonyl (C=O) groups excluding carboxylic acids is 1. The number of benzene rings is 2. The number of aromatic amines is 1. The molecule has 1 aliphatic rings. The molecule has 134 valence electrons. The fraction of sp³-hybridized carbons (Fsp3) is 0.238. The van der Waals surface area contributed by atoms with Crippen molar-refractivity contribution in [1.82, 2.24) is 10.2 Å². The average Bonchev–Trinajstić information content (AvgIpc) is 3.51. The van der Waals surface area contributed by atoms with E-state index in [-0.39, 0.29) is 23.9 Å². The van der Waals surface area contributed by atoms with Gasteiger partial charge in [-0.05, 0) is 49.6 Å². The van der Waals surface area contributed by atoms with Crippen LogP contribution in [0.15, 0.2) is 47.3 Å². The molecule has 1 N–H and O–H groups in total. The van der Waals surface area contributed by atoms with Crippen LogP contribution in [0.3, 0.4) is 0 Å². The molecule has 0 atom stereocenters. The number of carbonyl (C=O) groups is 1. The molecule has 1 saturated carbocycles. The lowest BCUT2D eigenvalue weighted by molar-refractivity contribution is -0.118. The van der Waals surface area contributed by atoms with Gasteiger partial charge in [0.1, 0.15) is 0 Å². The minimum absolute atomic E-state index is 0.0602. The summed E-state index contributed by atoms with van der Waals surface area (Å²) >= 11 is 0. The molecule has 1 amide bonds. The van der Waals surface area contributed by atoms with E-state index < -0.39 is 0 Å². The van der Waals surface area contributed by atoms with Gasteiger partial charge in [0.2, 0.25) is 5.91 Å². The van der Waals surface area contributed by atoms with E-state index in [0.29, 0.717) is 22.0 Å². The Morgan fingerprint density at radius 3 is 2.67 bits per heavy atom. The maximum absolute atomic E-state index is 13.2. The second-order valence-corrected chi connectivity index (χ2v) is 6.83. The van der Waals surface area contributed by atoms with Gasteiger partial charge in [0.25, 0.3) is 5.56 Å². The van der Waals surface area contributed by atoms with Gasteiger partial charge < -0.3 is 4.90 Å². The maximum Gasteiger partial charge on any atom is 0.272 e. The van der Waals surface area contributed by atoms with Gasteiger partial charge in [0.15, 0.2) is 0 Å². The van der Waals surface area contributed by atoms with Gasteiger partial charge in [-0.1, -0.05) is 18.2 Å². The number of hydrogen-bond acceptors (Lipinski definition) is 4. The molecule has 1 aliphatic carbocycles. The van der Waals surface area contributed by atoms with Crippen LogP contribution in [0.5, 0.6) is 0 Å². The lowest BCUT2D eigenvalue weighted by Gasteiger charge is -2.24. The van der Waals surface area contributed by atoms with E-state index in [1.54, 1.807) is 24.3 Å². The first-order chi connectivity index (χ1) is 13.1. The molecule has 0 bridgehead atoms. The van der Waals surface area contributed by atoms with Crippen molar-refractivity contribution in [3.8, 4) is 6.07 Å². The van der Waals surface area contributed by atoms with Crippen LogP contribution in [0.2, 0.25) is 0 Å². The first-order valence-electron chi connectivity index (χ1n) is 8.87. The molecule has 0 saturated heterocycles. The Labute approximate surface area is 156 Å². The zero-order chi connectivity index (χ0) is 19.0. The first-order valence-corrected chi connectivity index (χ1v) is 8.87. The maximum atomic E-state index is 13.2. The fourth-order valence-electron chi connectivity index (χ4n) is 3.40. The zero-order valence-electron chi connectivity index (χ0n) is 14.9. The summed E-state index contributed by atoms with van der Waals surface area (Å²) in [6, 6.07) is 14.8. The van der Waals surface area contributed by atoms with Crippen molar-refractivity contribution in [3.05, 3.63) is 69.6 Å². The normalized spacial score (nSPS) is 13.3. The summed E-state index contributed by atoms with van der Waals surface area (Å²) in [7, 11) is 0. The van der Waals surface area contributed by atoms with E-state index >= 15 is 0 Å². The summed E-state index contributed by atoms with van der Waals surface area (Å²) in [5.41, 5.74) is 2.60. The number of nitrogens with zero attached hydrogens (tertiary/aromatic N) is 3. The highest BCUT2D eigenvalue weighted by atomic mass is 16.2. The lowest BCUT2D eigenvalue weighted by atomic mass is 10.1. The number of nitrogens with one attached hydrogen (secondary N) is 1. The van der Waals surface area contributed by atoms with Crippen LogP contribution in [-0.2, 0) is 11.2 Å². The van der Waals surface area contributed by atoms with Crippen molar-refractivity contribution in [2.75, 3.05) is 4.90 Å². The standard InChI is InChI=1S/C21H18N4O2/c1-13-10-14(12-22)6-9-19(13)25(15-7-8-15)20(26)11-18-16-4-2-3-5-17(16)21(27)24-23-18/h2-6,9-10,15H,7-8,11H2,1H3,(H,24,27). The molecule has 1 fully saturated rings. The molecular weight excluding hydrogens is 340 g/mol. The second-order valence-electron chi connectivity index (χ2n) is 6.83. The predicted molar refractivity (Wildman–Crippen MR) is 102 cm³/mol. The number of aromatic nitrogens is 2. The SMILES string of the molecule is Cc1cc(C#N)ccc1N(C(=O)Cc1n[nH]c(=O)c2ccccc12)C1CC1. The summed E-state index contributed by atoms with van der Waals surface area (Å²) in [6.07, 6.45) is 2.03. The van der Waals surface area contributed by atoms with Gasteiger partial charge in [-0.2, -0.15) is 10.4 Å². The molecule has 1 aromatic heterocycles. The Balaban J connectivity index is 1.70. The Kier molecular flexibility index (Phi) is 4.21. The van der Waals surface area contributed by atoms with E-state index in [4.69, 9.17) is 5.26 Å². The molecule has 1 heterocycles. The Morgan fingerprint density at radius 2 is 2.00 bits per heavy atom.